The molecule has 4 heteroatoms. The second-order valence-corrected chi connectivity index (χ2v) is 3.19. The van der Waals surface area contributed by atoms with E-state index in [4.69, 9.17) is 5.11 Å². The van der Waals surface area contributed by atoms with E-state index in [0.717, 1.165) is 5.82 Å². The minimum absolute atomic E-state index is 0.0129. The molecule has 0 aliphatic carbocycles. The third-order valence-electron chi connectivity index (χ3n) is 2.03. The van der Waals surface area contributed by atoms with E-state index < -0.39 is 5.97 Å². The zero-order chi connectivity index (χ0) is 10.7. The largest absolute Gasteiger partial charge is 0.481 e. The van der Waals surface area contributed by atoms with Crippen molar-refractivity contribution in [1.82, 2.24) is 9.55 Å². The van der Waals surface area contributed by atoms with E-state index >= 15 is 0 Å². The predicted molar refractivity (Wildman–Crippen MR) is 54.9 cm³/mol. The van der Waals surface area contributed by atoms with Gasteiger partial charge in [-0.1, -0.05) is 6.07 Å². The Balaban J connectivity index is 2.21. The highest BCUT2D eigenvalue weighted by atomic mass is 16.4. The molecule has 2 aromatic rings. The molecule has 0 saturated heterocycles. The van der Waals surface area contributed by atoms with Gasteiger partial charge >= 0.3 is 5.97 Å². The molecule has 76 valence electrons. The highest BCUT2D eigenvalue weighted by Crippen LogP contribution is 2.06. The molecule has 0 radical (unpaired) electrons. The molecule has 0 atom stereocenters. The van der Waals surface area contributed by atoms with Gasteiger partial charge in [-0.25, -0.2) is 4.98 Å². The van der Waals surface area contributed by atoms with Crippen molar-refractivity contribution in [2.75, 3.05) is 0 Å². The lowest BCUT2D eigenvalue weighted by Crippen LogP contribution is -2.01. The maximum atomic E-state index is 10.4. The molecule has 2 aromatic heterocycles. The molecule has 0 aromatic carbocycles. The molecule has 0 bridgehead atoms. The van der Waals surface area contributed by atoms with Gasteiger partial charge < -0.3 is 9.67 Å². The summed E-state index contributed by atoms with van der Waals surface area (Å²) in [4.78, 5) is 14.6. The van der Waals surface area contributed by atoms with E-state index in [1.807, 2.05) is 29.1 Å². The summed E-state index contributed by atoms with van der Waals surface area (Å²) in [6, 6.07) is 7.40. The molecular weight excluding hydrogens is 192 g/mol. The third-order valence-corrected chi connectivity index (χ3v) is 2.03. The summed E-state index contributed by atoms with van der Waals surface area (Å²) < 4.78 is 1.87. The smallest absolute Gasteiger partial charge is 0.307 e. The van der Waals surface area contributed by atoms with Gasteiger partial charge in [0.2, 0.25) is 0 Å². The summed E-state index contributed by atoms with van der Waals surface area (Å²) in [6.45, 7) is 0. The summed E-state index contributed by atoms with van der Waals surface area (Å²) in [6.07, 6.45) is 5.38. The van der Waals surface area contributed by atoms with Gasteiger partial charge in [-0.05, 0) is 23.8 Å². The quantitative estimate of drug-likeness (QED) is 0.820. The Labute approximate surface area is 86.8 Å². The van der Waals surface area contributed by atoms with Crippen LogP contribution in [0.15, 0.2) is 42.9 Å². The van der Waals surface area contributed by atoms with E-state index in [0.29, 0.717) is 5.56 Å². The average molecular weight is 202 g/mol. The topological polar surface area (TPSA) is 55.1 Å². The molecule has 0 saturated carbocycles. The van der Waals surface area contributed by atoms with Crippen LogP contribution < -0.4 is 0 Å². The summed E-state index contributed by atoms with van der Waals surface area (Å²) in [5.74, 6) is -0.0559. The van der Waals surface area contributed by atoms with Crippen LogP contribution in [0.3, 0.4) is 0 Å². The zero-order valence-corrected chi connectivity index (χ0v) is 8.00. The lowest BCUT2D eigenvalue weighted by molar-refractivity contribution is -0.136. The van der Waals surface area contributed by atoms with Crippen molar-refractivity contribution in [1.29, 1.82) is 0 Å². The van der Waals surface area contributed by atoms with Crippen LogP contribution in [0, 0.1) is 0 Å². The molecule has 0 aliphatic heterocycles. The summed E-state index contributed by atoms with van der Waals surface area (Å²) in [7, 11) is 0. The van der Waals surface area contributed by atoms with Crippen LogP contribution in [-0.4, -0.2) is 20.6 Å². The molecular formula is C11H10N2O2. The van der Waals surface area contributed by atoms with Crippen LogP contribution in [0.1, 0.15) is 5.56 Å². The number of hydrogen-bond acceptors (Lipinski definition) is 2. The van der Waals surface area contributed by atoms with Crippen molar-refractivity contribution in [2.24, 2.45) is 0 Å². The van der Waals surface area contributed by atoms with Gasteiger partial charge in [-0.2, -0.15) is 0 Å². The fourth-order valence-corrected chi connectivity index (χ4v) is 1.34. The van der Waals surface area contributed by atoms with Gasteiger partial charge in [0.1, 0.15) is 5.82 Å². The van der Waals surface area contributed by atoms with Crippen molar-refractivity contribution in [3.63, 3.8) is 0 Å². The first-order valence-electron chi connectivity index (χ1n) is 4.56. The summed E-state index contributed by atoms with van der Waals surface area (Å²) in [5.41, 5.74) is 0.707. The normalized spacial score (nSPS) is 10.1. The Hall–Kier alpha value is -2.10. The van der Waals surface area contributed by atoms with Crippen molar-refractivity contribution >= 4 is 5.97 Å². The predicted octanol–water partition coefficient (Wildman–Crippen LogP) is 1.50. The van der Waals surface area contributed by atoms with Crippen molar-refractivity contribution < 1.29 is 9.90 Å². The standard InChI is InChI=1S/C11H10N2O2/c14-11(15)7-9-3-4-10(12-8-9)13-5-1-2-6-13/h1-6,8H,7H2,(H,14,15). The van der Waals surface area contributed by atoms with Crippen molar-refractivity contribution in [2.45, 2.75) is 6.42 Å². The second-order valence-electron chi connectivity index (χ2n) is 3.19. The number of carbonyl (C=O) groups is 1. The monoisotopic (exact) mass is 202 g/mol. The first-order chi connectivity index (χ1) is 7.25. The highest BCUT2D eigenvalue weighted by molar-refractivity contribution is 5.70. The van der Waals surface area contributed by atoms with E-state index in [9.17, 15) is 4.79 Å². The SMILES string of the molecule is O=C(O)Cc1ccc(-n2cccc2)nc1. The Bertz CT molecular complexity index is 446. The number of carboxylic acid groups (broad SMARTS) is 1. The fourth-order valence-electron chi connectivity index (χ4n) is 1.34. The molecule has 2 heterocycles. The van der Waals surface area contributed by atoms with Crippen molar-refractivity contribution in [3.8, 4) is 5.82 Å². The Morgan fingerprint density at radius 3 is 2.60 bits per heavy atom. The molecule has 0 fully saturated rings. The number of aliphatic carboxylic acids is 1. The van der Waals surface area contributed by atoms with Crippen LogP contribution in [0.2, 0.25) is 0 Å². The van der Waals surface area contributed by atoms with Gasteiger partial charge in [-0.15, -0.1) is 0 Å². The molecule has 2 rings (SSSR count). The maximum Gasteiger partial charge on any atom is 0.307 e. The minimum Gasteiger partial charge on any atom is -0.481 e. The number of aromatic nitrogens is 2. The molecule has 0 unspecified atom stereocenters. The van der Waals surface area contributed by atoms with Crippen LogP contribution >= 0.6 is 0 Å². The fraction of sp³-hybridized carbons (Fsp3) is 0.0909. The highest BCUT2D eigenvalue weighted by Gasteiger charge is 2.01. The Morgan fingerprint density at radius 1 is 1.33 bits per heavy atom. The van der Waals surface area contributed by atoms with E-state index in [-0.39, 0.29) is 6.42 Å². The average Bonchev–Trinajstić information content (AvgIpc) is 2.71. The molecule has 15 heavy (non-hydrogen) atoms. The van der Waals surface area contributed by atoms with Gasteiger partial charge in [-0.3, -0.25) is 4.79 Å². The number of pyridine rings is 1. The van der Waals surface area contributed by atoms with Gasteiger partial charge in [0, 0.05) is 18.6 Å². The maximum absolute atomic E-state index is 10.4. The van der Waals surface area contributed by atoms with E-state index in [1.165, 1.54) is 0 Å². The van der Waals surface area contributed by atoms with Crippen LogP contribution in [-0.2, 0) is 11.2 Å². The molecule has 0 spiro atoms. The molecule has 1 N–H and O–H groups in total. The number of rotatable bonds is 3. The van der Waals surface area contributed by atoms with Crippen molar-refractivity contribution in [3.05, 3.63) is 48.4 Å². The van der Waals surface area contributed by atoms with Crippen LogP contribution in [0.25, 0.3) is 5.82 Å². The van der Waals surface area contributed by atoms with Gasteiger partial charge in [0.15, 0.2) is 0 Å². The zero-order valence-electron chi connectivity index (χ0n) is 8.00. The van der Waals surface area contributed by atoms with E-state index in [1.54, 1.807) is 18.3 Å². The first kappa shape index (κ1) is 9.45. The van der Waals surface area contributed by atoms with Gasteiger partial charge in [0.25, 0.3) is 0 Å². The van der Waals surface area contributed by atoms with Crippen LogP contribution in [0.4, 0.5) is 0 Å². The minimum atomic E-state index is -0.842. The Kier molecular flexibility index (Phi) is 2.49. The second kappa shape index (κ2) is 3.96. The lowest BCUT2D eigenvalue weighted by Gasteiger charge is -2.02. The van der Waals surface area contributed by atoms with Crippen LogP contribution in [0.5, 0.6) is 0 Å². The number of nitrogens with zero attached hydrogens (tertiary/aromatic N) is 2. The molecule has 0 aliphatic rings. The summed E-state index contributed by atoms with van der Waals surface area (Å²) in [5, 5.41) is 8.59. The molecule has 0 amide bonds. The first-order valence-corrected chi connectivity index (χ1v) is 4.56. The van der Waals surface area contributed by atoms with Gasteiger partial charge in [0.05, 0.1) is 6.42 Å². The number of hydrogen-bond donors (Lipinski definition) is 1. The molecule has 4 nitrogen and oxygen atoms in total. The lowest BCUT2D eigenvalue weighted by atomic mass is 10.2. The third kappa shape index (κ3) is 2.22. The Morgan fingerprint density at radius 2 is 2.07 bits per heavy atom. The number of carboxylic acids is 1. The van der Waals surface area contributed by atoms with E-state index in [2.05, 4.69) is 4.98 Å². The summed E-state index contributed by atoms with van der Waals surface area (Å²) >= 11 is 0.